The third kappa shape index (κ3) is 3.59. The predicted molar refractivity (Wildman–Crippen MR) is 89.1 cm³/mol. The second kappa shape index (κ2) is 7.04. The Balaban J connectivity index is 2.12. The number of hydrogen-bond acceptors (Lipinski definition) is 5. The molecule has 0 bridgehead atoms. The molecule has 2 aromatic rings. The normalized spacial score (nSPS) is 12.1. The number of methoxy groups -OCH3 is 1. The van der Waals surface area contributed by atoms with Gasteiger partial charge in [-0.05, 0) is 13.8 Å². The number of amides is 1. The summed E-state index contributed by atoms with van der Waals surface area (Å²) in [6.45, 7) is 5.81. The topological polar surface area (TPSA) is 91.0 Å². The summed E-state index contributed by atoms with van der Waals surface area (Å²) in [5, 5.41) is 11.6. The third-order valence-electron chi connectivity index (χ3n) is 3.65. The maximum absolute atomic E-state index is 12.4. The van der Waals surface area contributed by atoms with E-state index in [0.717, 1.165) is 11.4 Å². The first-order valence-electron chi connectivity index (χ1n) is 7.37. The standard InChI is InChI=1S/C15H20ClN5O3/c1-8(6-21-10(3)12(16)9(2)18-21)14(22)17-11-7-20(4)19-13(11)15(23)24-5/h7-8H,6H2,1-5H3,(H,17,22). The smallest absolute Gasteiger partial charge is 0.360 e. The van der Waals surface area contributed by atoms with Crippen molar-refractivity contribution in [2.24, 2.45) is 13.0 Å². The summed E-state index contributed by atoms with van der Waals surface area (Å²) in [7, 11) is 2.92. The molecule has 0 fully saturated rings. The molecule has 1 amide bonds. The monoisotopic (exact) mass is 353 g/mol. The van der Waals surface area contributed by atoms with Gasteiger partial charge in [-0.15, -0.1) is 0 Å². The number of carbonyl (C=O) groups is 2. The molecule has 2 aromatic heterocycles. The summed E-state index contributed by atoms with van der Waals surface area (Å²) in [6.07, 6.45) is 1.55. The maximum atomic E-state index is 12.4. The third-order valence-corrected chi connectivity index (χ3v) is 4.20. The average molecular weight is 354 g/mol. The van der Waals surface area contributed by atoms with E-state index in [1.807, 2.05) is 13.8 Å². The molecule has 2 heterocycles. The van der Waals surface area contributed by atoms with Gasteiger partial charge in [0.25, 0.3) is 0 Å². The number of carbonyl (C=O) groups excluding carboxylic acids is 2. The lowest BCUT2D eigenvalue weighted by atomic mass is 10.1. The van der Waals surface area contributed by atoms with Crippen molar-refractivity contribution < 1.29 is 14.3 Å². The number of rotatable bonds is 5. The predicted octanol–water partition coefficient (Wildman–Crippen LogP) is 1.95. The second-order valence-corrected chi connectivity index (χ2v) is 5.99. The molecule has 24 heavy (non-hydrogen) atoms. The Kier molecular flexibility index (Phi) is 5.28. The van der Waals surface area contributed by atoms with Gasteiger partial charge in [-0.1, -0.05) is 18.5 Å². The van der Waals surface area contributed by atoms with E-state index in [0.29, 0.717) is 17.3 Å². The van der Waals surface area contributed by atoms with Crippen molar-refractivity contribution in [3.63, 3.8) is 0 Å². The van der Waals surface area contributed by atoms with E-state index in [4.69, 9.17) is 11.6 Å². The summed E-state index contributed by atoms with van der Waals surface area (Å²) in [5.41, 5.74) is 1.91. The minimum absolute atomic E-state index is 0.0645. The summed E-state index contributed by atoms with van der Waals surface area (Å²) >= 11 is 6.12. The van der Waals surface area contributed by atoms with Gasteiger partial charge in [-0.25, -0.2) is 4.79 Å². The van der Waals surface area contributed by atoms with Gasteiger partial charge < -0.3 is 10.1 Å². The van der Waals surface area contributed by atoms with Crippen LogP contribution >= 0.6 is 11.6 Å². The molecule has 9 heteroatoms. The number of aromatic nitrogens is 4. The number of halogens is 1. The fourth-order valence-electron chi connectivity index (χ4n) is 2.28. The summed E-state index contributed by atoms with van der Waals surface area (Å²) in [5.74, 6) is -1.24. The zero-order valence-electron chi connectivity index (χ0n) is 14.3. The van der Waals surface area contributed by atoms with Crippen LogP contribution < -0.4 is 5.32 Å². The summed E-state index contributed by atoms with van der Waals surface area (Å²) in [4.78, 5) is 24.1. The second-order valence-electron chi connectivity index (χ2n) is 5.61. The number of nitrogens with one attached hydrogen (secondary N) is 1. The van der Waals surface area contributed by atoms with Crippen molar-refractivity contribution in [1.29, 1.82) is 0 Å². The highest BCUT2D eigenvalue weighted by Gasteiger charge is 2.22. The number of nitrogens with zero attached hydrogens (tertiary/aromatic N) is 4. The van der Waals surface area contributed by atoms with Gasteiger partial charge in [0.05, 0.1) is 41.7 Å². The minimum Gasteiger partial charge on any atom is -0.464 e. The number of hydrogen-bond donors (Lipinski definition) is 1. The van der Waals surface area contributed by atoms with Crippen molar-refractivity contribution in [1.82, 2.24) is 19.6 Å². The fourth-order valence-corrected chi connectivity index (χ4v) is 2.41. The Morgan fingerprint density at radius 2 is 2.04 bits per heavy atom. The van der Waals surface area contributed by atoms with Gasteiger partial charge in [0, 0.05) is 13.2 Å². The van der Waals surface area contributed by atoms with Crippen LogP contribution in [0.15, 0.2) is 6.20 Å². The lowest BCUT2D eigenvalue weighted by Gasteiger charge is -2.13. The van der Waals surface area contributed by atoms with Gasteiger partial charge in [0.2, 0.25) is 5.91 Å². The van der Waals surface area contributed by atoms with E-state index in [2.05, 4.69) is 20.3 Å². The quantitative estimate of drug-likeness (QED) is 0.829. The van der Waals surface area contributed by atoms with Crippen LogP contribution in [0.2, 0.25) is 5.02 Å². The molecular weight excluding hydrogens is 334 g/mol. The van der Waals surface area contributed by atoms with E-state index in [1.54, 1.807) is 24.9 Å². The molecule has 1 N–H and O–H groups in total. The first-order valence-corrected chi connectivity index (χ1v) is 7.74. The van der Waals surface area contributed by atoms with Crippen molar-refractivity contribution in [3.8, 4) is 0 Å². The van der Waals surface area contributed by atoms with Crippen molar-refractivity contribution >= 4 is 29.2 Å². The van der Waals surface area contributed by atoms with E-state index < -0.39 is 5.97 Å². The maximum Gasteiger partial charge on any atom is 0.360 e. The summed E-state index contributed by atoms with van der Waals surface area (Å²) in [6, 6.07) is 0. The molecule has 0 aromatic carbocycles. The van der Waals surface area contributed by atoms with E-state index in [9.17, 15) is 9.59 Å². The molecule has 130 valence electrons. The largest absolute Gasteiger partial charge is 0.464 e. The zero-order chi connectivity index (χ0) is 18.0. The minimum atomic E-state index is -0.608. The van der Waals surface area contributed by atoms with Crippen LogP contribution in [0.1, 0.15) is 28.8 Å². The highest BCUT2D eigenvalue weighted by molar-refractivity contribution is 6.31. The lowest BCUT2D eigenvalue weighted by Crippen LogP contribution is -2.26. The number of ether oxygens (including phenoxy) is 1. The molecule has 0 spiro atoms. The molecule has 1 atom stereocenters. The highest BCUT2D eigenvalue weighted by atomic mass is 35.5. The molecule has 0 saturated carbocycles. The van der Waals surface area contributed by atoms with Crippen molar-refractivity contribution in [2.45, 2.75) is 27.3 Å². The van der Waals surface area contributed by atoms with Crippen LogP contribution in [0.25, 0.3) is 0 Å². The molecule has 1 unspecified atom stereocenters. The summed E-state index contributed by atoms with van der Waals surface area (Å²) < 4.78 is 7.80. The van der Waals surface area contributed by atoms with Crippen LogP contribution in [-0.2, 0) is 23.1 Å². The molecule has 0 aliphatic heterocycles. The van der Waals surface area contributed by atoms with Crippen molar-refractivity contribution in [2.75, 3.05) is 12.4 Å². The van der Waals surface area contributed by atoms with Crippen molar-refractivity contribution in [3.05, 3.63) is 28.3 Å². The van der Waals surface area contributed by atoms with Crippen LogP contribution in [0, 0.1) is 19.8 Å². The molecule has 0 aliphatic rings. The molecule has 2 rings (SSSR count). The van der Waals surface area contributed by atoms with E-state index in [-0.39, 0.29) is 17.5 Å². The number of esters is 1. The molecular formula is C15H20ClN5O3. The molecule has 0 radical (unpaired) electrons. The fraction of sp³-hybridized carbons (Fsp3) is 0.467. The van der Waals surface area contributed by atoms with Crippen LogP contribution in [0.5, 0.6) is 0 Å². The Morgan fingerprint density at radius 1 is 1.38 bits per heavy atom. The van der Waals surface area contributed by atoms with E-state index >= 15 is 0 Å². The Hall–Kier alpha value is -2.35. The van der Waals surface area contributed by atoms with E-state index in [1.165, 1.54) is 11.8 Å². The molecule has 0 saturated heterocycles. The van der Waals surface area contributed by atoms with Crippen LogP contribution in [0.3, 0.4) is 0 Å². The Bertz CT molecular complexity index is 780. The zero-order valence-corrected chi connectivity index (χ0v) is 15.0. The Labute approximate surface area is 144 Å². The first-order chi connectivity index (χ1) is 11.2. The SMILES string of the molecule is COC(=O)c1nn(C)cc1NC(=O)C(C)Cn1nc(C)c(Cl)c1C. The number of aryl methyl sites for hydroxylation is 2. The Morgan fingerprint density at radius 3 is 2.58 bits per heavy atom. The van der Waals surface area contributed by atoms with Gasteiger partial charge in [-0.3, -0.25) is 14.2 Å². The molecule has 8 nitrogen and oxygen atoms in total. The van der Waals surface area contributed by atoms with Crippen LogP contribution in [0.4, 0.5) is 5.69 Å². The van der Waals surface area contributed by atoms with Gasteiger partial charge in [-0.2, -0.15) is 10.2 Å². The van der Waals surface area contributed by atoms with Crippen LogP contribution in [-0.4, -0.2) is 38.5 Å². The van der Waals surface area contributed by atoms with Gasteiger partial charge in [0.15, 0.2) is 5.69 Å². The van der Waals surface area contributed by atoms with Gasteiger partial charge in [0.1, 0.15) is 0 Å². The number of anilines is 1. The lowest BCUT2D eigenvalue weighted by molar-refractivity contribution is -0.119. The highest BCUT2D eigenvalue weighted by Crippen LogP contribution is 2.21. The van der Waals surface area contributed by atoms with Gasteiger partial charge >= 0.3 is 5.97 Å². The first kappa shape index (κ1) is 18.0. The average Bonchev–Trinajstić information content (AvgIpc) is 3.01. The molecule has 0 aliphatic carbocycles.